The Morgan fingerprint density at radius 3 is 2.33 bits per heavy atom. The summed E-state index contributed by atoms with van der Waals surface area (Å²) in [5.74, 6) is 0. The second kappa shape index (κ2) is 9.11. The molecular weight excluding hydrogens is 356 g/mol. The molecule has 0 saturated carbocycles. The Morgan fingerprint density at radius 1 is 1.11 bits per heavy atom. The third kappa shape index (κ3) is 5.41. The van der Waals surface area contributed by atoms with Gasteiger partial charge in [-0.05, 0) is 37.2 Å². The number of ether oxygens (including phenoxy) is 1. The van der Waals surface area contributed by atoms with Crippen LogP contribution in [-0.2, 0) is 11.2 Å². The summed E-state index contributed by atoms with van der Waals surface area (Å²) in [5.41, 5.74) is 1.70. The van der Waals surface area contributed by atoms with Crippen molar-refractivity contribution in [2.45, 2.75) is 26.2 Å². The van der Waals surface area contributed by atoms with Crippen LogP contribution < -0.4 is 0 Å². The zero-order valence-corrected chi connectivity index (χ0v) is 14.2. The van der Waals surface area contributed by atoms with Gasteiger partial charge in [0.25, 0.3) is 0 Å². The number of hydrogen-bond donors (Lipinski definition) is 0. The summed E-state index contributed by atoms with van der Waals surface area (Å²) in [6.07, 6.45) is 3.41. The molecule has 0 unspecified atom stereocenters. The maximum Gasteiger partial charge on any atom is 0.0466 e. The summed E-state index contributed by atoms with van der Waals surface area (Å²) < 4.78 is 5.44. The van der Waals surface area contributed by atoms with Crippen molar-refractivity contribution < 1.29 is 4.74 Å². The lowest BCUT2D eigenvalue weighted by atomic mass is 9.81. The van der Waals surface area contributed by atoms with Crippen molar-refractivity contribution in [1.29, 1.82) is 0 Å². The highest BCUT2D eigenvalue weighted by molar-refractivity contribution is 9.09. The van der Waals surface area contributed by atoms with Crippen molar-refractivity contribution in [3.63, 3.8) is 0 Å². The van der Waals surface area contributed by atoms with Crippen LogP contribution in [0.25, 0.3) is 0 Å². The molecule has 0 amide bonds. The normalized spacial score (nSPS) is 11.7. The molecule has 0 radical (unpaired) electrons. The van der Waals surface area contributed by atoms with E-state index in [1.807, 2.05) is 6.92 Å². The average Bonchev–Trinajstić information content (AvgIpc) is 2.43. The van der Waals surface area contributed by atoms with Gasteiger partial charge in [0.15, 0.2) is 0 Å². The van der Waals surface area contributed by atoms with Crippen LogP contribution in [0.2, 0.25) is 0 Å². The monoisotopic (exact) mass is 376 g/mol. The van der Waals surface area contributed by atoms with E-state index in [9.17, 15) is 0 Å². The standard InChI is InChI=1S/C15H22Br2O/c1-2-18-10-6-9-15(12-16,13-17)11-14-7-4-3-5-8-14/h3-5,7-8H,2,6,9-13H2,1H3. The maximum atomic E-state index is 5.44. The van der Waals surface area contributed by atoms with Gasteiger partial charge in [-0.3, -0.25) is 0 Å². The van der Waals surface area contributed by atoms with Crippen LogP contribution in [-0.4, -0.2) is 23.9 Å². The van der Waals surface area contributed by atoms with Crippen LogP contribution in [0.15, 0.2) is 30.3 Å². The molecule has 1 nitrogen and oxygen atoms in total. The van der Waals surface area contributed by atoms with Gasteiger partial charge in [0.1, 0.15) is 0 Å². The summed E-state index contributed by atoms with van der Waals surface area (Å²) in [6, 6.07) is 10.7. The summed E-state index contributed by atoms with van der Waals surface area (Å²) in [6.45, 7) is 3.73. The summed E-state index contributed by atoms with van der Waals surface area (Å²) >= 11 is 7.38. The molecule has 0 fully saturated rings. The van der Waals surface area contributed by atoms with Crippen LogP contribution in [0.4, 0.5) is 0 Å². The van der Waals surface area contributed by atoms with Crippen LogP contribution in [0.1, 0.15) is 25.3 Å². The highest BCUT2D eigenvalue weighted by Gasteiger charge is 2.27. The molecule has 0 heterocycles. The highest BCUT2D eigenvalue weighted by atomic mass is 79.9. The van der Waals surface area contributed by atoms with Gasteiger partial charge in [0, 0.05) is 23.9 Å². The second-order valence-corrected chi connectivity index (χ2v) is 5.85. The van der Waals surface area contributed by atoms with Crippen LogP contribution in [0, 0.1) is 5.41 Å². The number of benzene rings is 1. The summed E-state index contributed by atoms with van der Waals surface area (Å²) in [5, 5.41) is 2.04. The van der Waals surface area contributed by atoms with Crippen molar-refractivity contribution in [3.8, 4) is 0 Å². The minimum absolute atomic E-state index is 0.290. The van der Waals surface area contributed by atoms with E-state index in [1.165, 1.54) is 12.0 Å². The van der Waals surface area contributed by atoms with Gasteiger partial charge in [-0.15, -0.1) is 0 Å². The van der Waals surface area contributed by atoms with Gasteiger partial charge >= 0.3 is 0 Å². The topological polar surface area (TPSA) is 9.23 Å². The van der Waals surface area contributed by atoms with Crippen LogP contribution >= 0.6 is 31.9 Å². The predicted octanol–water partition coefficient (Wildman–Crippen LogP) is 4.82. The Bertz CT molecular complexity index is 310. The Kier molecular flexibility index (Phi) is 8.20. The largest absolute Gasteiger partial charge is 0.382 e. The highest BCUT2D eigenvalue weighted by Crippen LogP contribution is 2.33. The van der Waals surface area contributed by atoms with Gasteiger partial charge < -0.3 is 4.74 Å². The molecule has 18 heavy (non-hydrogen) atoms. The lowest BCUT2D eigenvalue weighted by Gasteiger charge is -2.30. The fourth-order valence-electron chi connectivity index (χ4n) is 2.07. The van der Waals surface area contributed by atoms with Crippen LogP contribution in [0.3, 0.4) is 0 Å². The molecule has 0 atom stereocenters. The first kappa shape index (κ1) is 16.2. The third-order valence-electron chi connectivity index (χ3n) is 3.19. The summed E-state index contributed by atoms with van der Waals surface area (Å²) in [4.78, 5) is 0. The number of rotatable bonds is 9. The summed E-state index contributed by atoms with van der Waals surface area (Å²) in [7, 11) is 0. The van der Waals surface area contributed by atoms with E-state index in [0.29, 0.717) is 5.41 Å². The SMILES string of the molecule is CCOCCCC(CBr)(CBr)Cc1ccccc1. The zero-order chi connectivity index (χ0) is 13.3. The quantitative estimate of drug-likeness (QED) is 0.442. The number of halogens is 2. The van der Waals surface area contributed by atoms with Crippen molar-refractivity contribution in [2.24, 2.45) is 5.41 Å². The van der Waals surface area contributed by atoms with Crippen molar-refractivity contribution in [3.05, 3.63) is 35.9 Å². The molecule has 0 N–H and O–H groups in total. The Labute approximate surface area is 128 Å². The molecule has 0 saturated heterocycles. The number of hydrogen-bond acceptors (Lipinski definition) is 1. The minimum Gasteiger partial charge on any atom is -0.382 e. The van der Waals surface area contributed by atoms with E-state index >= 15 is 0 Å². The minimum atomic E-state index is 0.290. The molecule has 0 aliphatic rings. The van der Waals surface area contributed by atoms with Crippen molar-refractivity contribution >= 4 is 31.9 Å². The molecule has 1 rings (SSSR count). The Hall–Kier alpha value is 0.140. The van der Waals surface area contributed by atoms with E-state index in [1.54, 1.807) is 0 Å². The van der Waals surface area contributed by atoms with E-state index in [0.717, 1.165) is 36.7 Å². The lowest BCUT2D eigenvalue weighted by molar-refractivity contribution is 0.134. The van der Waals surface area contributed by atoms with Crippen molar-refractivity contribution in [2.75, 3.05) is 23.9 Å². The van der Waals surface area contributed by atoms with E-state index in [4.69, 9.17) is 4.74 Å². The fourth-order valence-corrected chi connectivity index (χ4v) is 3.96. The first-order valence-electron chi connectivity index (χ1n) is 6.50. The van der Waals surface area contributed by atoms with Crippen LogP contribution in [0.5, 0.6) is 0 Å². The Balaban J connectivity index is 2.56. The zero-order valence-electron chi connectivity index (χ0n) is 11.0. The smallest absolute Gasteiger partial charge is 0.0466 e. The molecule has 0 aliphatic heterocycles. The molecule has 1 aromatic rings. The lowest BCUT2D eigenvalue weighted by Crippen LogP contribution is -2.28. The van der Waals surface area contributed by atoms with Gasteiger partial charge in [-0.1, -0.05) is 62.2 Å². The first-order valence-corrected chi connectivity index (χ1v) is 8.74. The molecular formula is C15H22Br2O. The van der Waals surface area contributed by atoms with E-state index < -0.39 is 0 Å². The molecule has 3 heteroatoms. The predicted molar refractivity (Wildman–Crippen MR) is 85.9 cm³/mol. The number of alkyl halides is 2. The average molecular weight is 378 g/mol. The first-order chi connectivity index (χ1) is 8.76. The molecule has 1 aromatic carbocycles. The molecule has 0 aromatic heterocycles. The molecule has 0 bridgehead atoms. The van der Waals surface area contributed by atoms with E-state index in [2.05, 4.69) is 62.2 Å². The molecule has 102 valence electrons. The molecule has 0 aliphatic carbocycles. The van der Waals surface area contributed by atoms with Gasteiger partial charge in [-0.25, -0.2) is 0 Å². The van der Waals surface area contributed by atoms with Gasteiger partial charge in [0.05, 0.1) is 0 Å². The maximum absolute atomic E-state index is 5.44. The van der Waals surface area contributed by atoms with Gasteiger partial charge in [-0.2, -0.15) is 0 Å². The third-order valence-corrected chi connectivity index (χ3v) is 5.57. The van der Waals surface area contributed by atoms with E-state index in [-0.39, 0.29) is 0 Å². The van der Waals surface area contributed by atoms with Crippen molar-refractivity contribution in [1.82, 2.24) is 0 Å². The second-order valence-electron chi connectivity index (χ2n) is 4.73. The van der Waals surface area contributed by atoms with Gasteiger partial charge in [0.2, 0.25) is 0 Å². The fraction of sp³-hybridized carbons (Fsp3) is 0.600. The Morgan fingerprint density at radius 2 is 1.78 bits per heavy atom. The molecule has 0 spiro atoms.